The second-order valence-electron chi connectivity index (χ2n) is 0. The Morgan fingerprint density at radius 1 is 1.25 bits per heavy atom. The topological polar surface area (TPSA) is 17.1 Å². The average molecular weight is 454 g/mol. The quantitative estimate of drug-likeness (QED) is 0.500. The third kappa shape index (κ3) is 9.17. The van der Waals surface area contributed by atoms with E-state index < -0.39 is 0 Å². The molecule has 4 heavy (non-hydrogen) atoms. The predicted molar refractivity (Wildman–Crippen MR) is 0.686 cm³/mol. The van der Waals surface area contributed by atoms with Crippen molar-refractivity contribution >= 4 is 0 Å². The van der Waals surface area contributed by atoms with Crippen molar-refractivity contribution < 1.29 is 116 Å². The Balaban J connectivity index is -0.00000000500. The van der Waals surface area contributed by atoms with Crippen molar-refractivity contribution in [3.05, 3.63) is 0 Å². The second kappa shape index (κ2) is 15.9. The van der Waals surface area contributed by atoms with Crippen molar-refractivity contribution in [3.8, 4) is 0 Å². The standard InChI is InChI=1S/Ce.La.O.Tb. The Labute approximate surface area is 112 Å². The molecule has 0 spiro atoms. The third-order valence-electron chi connectivity index (χ3n) is 0. The van der Waals surface area contributed by atoms with E-state index in [1.165, 1.54) is 0 Å². The summed E-state index contributed by atoms with van der Waals surface area (Å²) in [4.78, 5) is 0. The summed E-state index contributed by atoms with van der Waals surface area (Å²) in [6.45, 7) is 0. The predicted octanol–water partition coefficient (Wildman–Crippen LogP) is -0.119. The Kier molecular flexibility index (Phi) is 62.3. The van der Waals surface area contributed by atoms with Gasteiger partial charge in [0.25, 0.3) is 0 Å². The van der Waals surface area contributed by atoms with E-state index in [0.717, 1.165) is 0 Å². The molecular formula is CeLaOTb. The zero-order valence-electron chi connectivity index (χ0n) is 1.82. The van der Waals surface area contributed by atoms with Crippen LogP contribution in [0.15, 0.2) is 0 Å². The summed E-state index contributed by atoms with van der Waals surface area (Å²) in [5, 5.41) is 0. The van der Waals surface area contributed by atoms with Crippen molar-refractivity contribution in [1.29, 1.82) is 0 Å². The van der Waals surface area contributed by atoms with E-state index in [-0.39, 0.29) is 114 Å². The van der Waals surface area contributed by atoms with Crippen molar-refractivity contribution in [3.63, 3.8) is 0 Å². The van der Waals surface area contributed by atoms with E-state index in [9.17, 15) is 0 Å². The molecule has 0 aromatic heterocycles. The van der Waals surface area contributed by atoms with Crippen molar-refractivity contribution in [2.45, 2.75) is 0 Å². The van der Waals surface area contributed by atoms with Gasteiger partial charge >= 0.3 is 35.5 Å². The minimum Gasteiger partial charge on any atom is 0 e. The van der Waals surface area contributed by atoms with Crippen LogP contribution in [0.25, 0.3) is 0 Å². The van der Waals surface area contributed by atoms with Crippen LogP contribution < -0.4 is 0 Å². The third-order valence-corrected chi connectivity index (χ3v) is 0. The smallest absolute Gasteiger partial charge is 0 e. The normalized spacial score (nSPS) is 1.50. The Morgan fingerprint density at radius 3 is 1.25 bits per heavy atom. The van der Waals surface area contributed by atoms with Gasteiger partial charge in [-0.15, -0.1) is 0 Å². The molecule has 0 atom stereocenters. The fraction of sp³-hybridized carbons (Fsp3) is 0. The van der Waals surface area contributed by atoms with E-state index in [2.05, 4.69) is 0 Å². The summed E-state index contributed by atoms with van der Waals surface area (Å²) in [5.74, 6) is 0. The van der Waals surface area contributed by atoms with Gasteiger partial charge in [0.2, 0.25) is 0 Å². The summed E-state index contributed by atoms with van der Waals surface area (Å²) in [6, 6.07) is 0. The first kappa shape index (κ1) is 15.6. The van der Waals surface area contributed by atoms with E-state index in [4.69, 9.17) is 1.70 Å². The van der Waals surface area contributed by atoms with E-state index in [1.807, 2.05) is 0 Å². The molecule has 0 rings (SSSR count). The van der Waals surface area contributed by atoms with Crippen molar-refractivity contribution in [1.82, 2.24) is 0 Å². The summed E-state index contributed by atoms with van der Waals surface area (Å²) < 4.78 is 8.42. The molecule has 1 radical (unpaired) electrons. The number of hydrogen-bond donors (Lipinski definition) is 0. The maximum atomic E-state index is 8.42. The van der Waals surface area contributed by atoms with Crippen LogP contribution >= 0.6 is 0 Å². The van der Waals surface area contributed by atoms with Gasteiger partial charge in [-0.3, -0.25) is 0 Å². The molecule has 0 saturated heterocycles. The van der Waals surface area contributed by atoms with Gasteiger partial charge in [0, 0.05) is 80.4 Å². The minimum absolute atomic E-state index is 0. The zero-order chi connectivity index (χ0) is 2.00. The van der Waals surface area contributed by atoms with Crippen LogP contribution in [0.3, 0.4) is 0 Å². The van der Waals surface area contributed by atoms with Gasteiger partial charge in [-0.05, 0) is 0 Å². The van der Waals surface area contributed by atoms with Gasteiger partial charge in [0.15, 0.2) is 0 Å². The molecule has 0 heterocycles. The van der Waals surface area contributed by atoms with E-state index >= 15 is 0 Å². The SMILES string of the molecule is [Ce].[O]=[La].[Tb]. The van der Waals surface area contributed by atoms with Crippen LogP contribution in [0.5, 0.6) is 0 Å². The van der Waals surface area contributed by atoms with E-state index in [0.29, 0.717) is 0 Å². The monoisotopic (exact) mass is 454 g/mol. The molecule has 22 valence electrons. The average Bonchev–Trinajstić information content (AvgIpc) is 1.00. The zero-order valence-corrected chi connectivity index (χ0v) is 10.7. The molecular weight excluding hydrogens is 454 g/mol. The molecule has 0 amide bonds. The fourth-order valence-electron chi connectivity index (χ4n) is 0. The minimum atomic E-state index is -0.0833. The number of hydrogen-bond acceptors (Lipinski definition) is 1. The Bertz CT molecular complexity index is 8.00. The molecule has 0 aromatic carbocycles. The summed E-state index contributed by atoms with van der Waals surface area (Å²) in [6.07, 6.45) is 0. The van der Waals surface area contributed by atoms with Crippen LogP contribution in [0, 0.1) is 114 Å². The molecule has 0 unspecified atom stereocenters. The number of rotatable bonds is 0. The van der Waals surface area contributed by atoms with Gasteiger partial charge < -0.3 is 0 Å². The molecule has 4 heteroatoms. The fourth-order valence-corrected chi connectivity index (χ4v) is 0. The van der Waals surface area contributed by atoms with Crippen LogP contribution in [-0.2, 0) is 1.70 Å². The molecule has 0 fully saturated rings. The van der Waals surface area contributed by atoms with Crippen LogP contribution in [0.2, 0.25) is 0 Å². The van der Waals surface area contributed by atoms with Crippen molar-refractivity contribution in [2.75, 3.05) is 0 Å². The summed E-state index contributed by atoms with van der Waals surface area (Å²) in [7, 11) is 0. The maximum Gasteiger partial charge on any atom is 0 e. The first-order valence-electron chi connectivity index (χ1n) is 0.236. The maximum absolute atomic E-state index is 8.42. The molecule has 0 aliphatic heterocycles. The molecule has 0 saturated carbocycles. The molecule has 0 bridgehead atoms. The van der Waals surface area contributed by atoms with E-state index in [1.54, 1.807) is 0 Å². The summed E-state index contributed by atoms with van der Waals surface area (Å²) in [5.41, 5.74) is 0. The first-order chi connectivity index (χ1) is 1.00. The summed E-state index contributed by atoms with van der Waals surface area (Å²) >= 11 is -0.0833. The van der Waals surface area contributed by atoms with Crippen LogP contribution in [-0.4, -0.2) is 0 Å². The van der Waals surface area contributed by atoms with Gasteiger partial charge in [-0.1, -0.05) is 0 Å². The van der Waals surface area contributed by atoms with Crippen molar-refractivity contribution in [2.24, 2.45) is 0 Å². The van der Waals surface area contributed by atoms with Crippen LogP contribution in [0.4, 0.5) is 0 Å². The molecule has 0 N–H and O–H groups in total. The van der Waals surface area contributed by atoms with Gasteiger partial charge in [0.05, 0.1) is 0 Å². The second-order valence-corrected chi connectivity index (χ2v) is 0. The molecule has 0 aliphatic carbocycles. The first-order valence-corrected chi connectivity index (χ1v) is 1.72. The Morgan fingerprint density at radius 2 is 1.25 bits per heavy atom. The van der Waals surface area contributed by atoms with Gasteiger partial charge in [-0.2, -0.15) is 0 Å². The molecule has 0 aliphatic rings. The molecule has 1 nitrogen and oxygen atoms in total. The largest absolute Gasteiger partial charge is 0 e. The van der Waals surface area contributed by atoms with Crippen LogP contribution in [0.1, 0.15) is 0 Å². The van der Waals surface area contributed by atoms with Gasteiger partial charge in [0.1, 0.15) is 0 Å². The van der Waals surface area contributed by atoms with Gasteiger partial charge in [-0.25, -0.2) is 0 Å². The Hall–Kier alpha value is 3.66. The molecule has 0 aromatic rings.